The van der Waals surface area contributed by atoms with Crippen LogP contribution in [0.15, 0.2) is 66.9 Å². The van der Waals surface area contributed by atoms with Crippen molar-refractivity contribution in [2.75, 3.05) is 26.8 Å². The van der Waals surface area contributed by atoms with Crippen molar-refractivity contribution in [1.29, 1.82) is 0 Å². The molecule has 1 aliphatic rings. The van der Waals surface area contributed by atoms with Gasteiger partial charge in [-0.05, 0) is 42.8 Å². The number of pyridine rings is 1. The molecule has 2 aromatic heterocycles. The molecule has 162 valence electrons. The Hall–Kier alpha value is -3.71. The number of amides is 1. The van der Waals surface area contributed by atoms with E-state index >= 15 is 0 Å². The molecule has 5 rings (SSSR count). The zero-order valence-electron chi connectivity index (χ0n) is 18.1. The molecule has 0 N–H and O–H groups in total. The molecule has 1 fully saturated rings. The molecule has 1 amide bonds. The molecule has 7 heteroatoms. The fourth-order valence-electron chi connectivity index (χ4n) is 3.98. The number of morpholine rings is 1. The highest BCUT2D eigenvalue weighted by molar-refractivity contribution is 5.94. The van der Waals surface area contributed by atoms with Gasteiger partial charge in [0.05, 0.1) is 25.8 Å². The van der Waals surface area contributed by atoms with Crippen molar-refractivity contribution in [3.63, 3.8) is 0 Å². The molecule has 0 spiro atoms. The van der Waals surface area contributed by atoms with E-state index in [0.29, 0.717) is 25.3 Å². The number of rotatable bonds is 4. The lowest BCUT2D eigenvalue weighted by molar-refractivity contribution is -0.0241. The molecule has 0 unspecified atom stereocenters. The van der Waals surface area contributed by atoms with Crippen molar-refractivity contribution < 1.29 is 14.3 Å². The number of fused-ring (bicyclic) bond motifs is 1. The largest absolute Gasteiger partial charge is 0.497 e. The van der Waals surface area contributed by atoms with E-state index in [-0.39, 0.29) is 12.0 Å². The van der Waals surface area contributed by atoms with Crippen LogP contribution in [0.4, 0.5) is 0 Å². The van der Waals surface area contributed by atoms with Crippen LogP contribution in [-0.2, 0) is 4.74 Å². The third-order valence-electron chi connectivity index (χ3n) is 5.82. The van der Waals surface area contributed by atoms with Gasteiger partial charge in [-0.2, -0.15) is 0 Å². The summed E-state index contributed by atoms with van der Waals surface area (Å²) in [6, 6.07) is 19.6. The number of carbonyl (C=O) groups is 1. The first kappa shape index (κ1) is 20.2. The topological polar surface area (TPSA) is 69.0 Å². The van der Waals surface area contributed by atoms with Crippen LogP contribution in [0.2, 0.25) is 0 Å². The van der Waals surface area contributed by atoms with E-state index in [2.05, 4.69) is 10.3 Å². The molecular weight excluding hydrogens is 404 g/mol. The summed E-state index contributed by atoms with van der Waals surface area (Å²) in [5, 5.41) is 8.70. The van der Waals surface area contributed by atoms with Gasteiger partial charge in [-0.3, -0.25) is 4.79 Å². The Morgan fingerprint density at radius 1 is 1.03 bits per heavy atom. The highest BCUT2D eigenvalue weighted by Gasteiger charge is 2.29. The van der Waals surface area contributed by atoms with Gasteiger partial charge in [0.1, 0.15) is 17.5 Å². The van der Waals surface area contributed by atoms with E-state index in [0.717, 1.165) is 33.7 Å². The normalized spacial score (nSPS) is 16.3. The molecule has 2 aromatic carbocycles. The Bertz CT molecular complexity index is 1250. The minimum absolute atomic E-state index is 0.0107. The minimum atomic E-state index is -0.317. The van der Waals surface area contributed by atoms with Crippen LogP contribution in [0.1, 0.15) is 27.7 Å². The maximum atomic E-state index is 13.0. The molecule has 1 saturated heterocycles. The first-order valence-corrected chi connectivity index (χ1v) is 10.6. The van der Waals surface area contributed by atoms with Gasteiger partial charge in [0, 0.05) is 23.9 Å². The molecular formula is C25H24N4O3. The van der Waals surface area contributed by atoms with E-state index in [9.17, 15) is 4.79 Å². The van der Waals surface area contributed by atoms with Gasteiger partial charge in [-0.15, -0.1) is 5.10 Å². The summed E-state index contributed by atoms with van der Waals surface area (Å²) in [7, 11) is 1.65. The molecule has 32 heavy (non-hydrogen) atoms. The number of nitrogens with zero attached hydrogens (tertiary/aromatic N) is 4. The lowest BCUT2D eigenvalue weighted by Gasteiger charge is -2.32. The van der Waals surface area contributed by atoms with Gasteiger partial charge in [0.15, 0.2) is 0 Å². The van der Waals surface area contributed by atoms with Gasteiger partial charge in [-0.1, -0.05) is 41.1 Å². The van der Waals surface area contributed by atoms with Crippen LogP contribution in [0.5, 0.6) is 5.75 Å². The SMILES string of the molecule is COc1ccc(-c2ccc3c([C@@H]4CN(C(=O)c5ccc(C)cc5)CCO4)nnn3c2)cc1. The third kappa shape index (κ3) is 3.83. The Balaban J connectivity index is 1.38. The summed E-state index contributed by atoms with van der Waals surface area (Å²) in [5.74, 6) is 0.827. The minimum Gasteiger partial charge on any atom is -0.497 e. The zero-order chi connectivity index (χ0) is 22.1. The van der Waals surface area contributed by atoms with Gasteiger partial charge in [0.25, 0.3) is 5.91 Å². The second-order valence-corrected chi connectivity index (χ2v) is 7.93. The Kier molecular flexibility index (Phi) is 5.33. The highest BCUT2D eigenvalue weighted by atomic mass is 16.5. The Labute approximate surface area is 186 Å². The smallest absolute Gasteiger partial charge is 0.254 e. The van der Waals surface area contributed by atoms with Crippen molar-refractivity contribution in [2.45, 2.75) is 13.0 Å². The van der Waals surface area contributed by atoms with Crippen molar-refractivity contribution in [3.05, 3.63) is 83.7 Å². The monoisotopic (exact) mass is 428 g/mol. The first-order chi connectivity index (χ1) is 15.6. The molecule has 0 aliphatic carbocycles. The second kappa shape index (κ2) is 8.43. The summed E-state index contributed by atoms with van der Waals surface area (Å²) >= 11 is 0. The van der Waals surface area contributed by atoms with Crippen molar-refractivity contribution in [3.8, 4) is 16.9 Å². The fourth-order valence-corrected chi connectivity index (χ4v) is 3.98. The number of hydrogen-bond acceptors (Lipinski definition) is 5. The van der Waals surface area contributed by atoms with Crippen LogP contribution in [0.25, 0.3) is 16.6 Å². The van der Waals surface area contributed by atoms with E-state index in [1.54, 1.807) is 11.6 Å². The van der Waals surface area contributed by atoms with E-state index in [1.807, 2.05) is 78.7 Å². The molecule has 7 nitrogen and oxygen atoms in total. The lowest BCUT2D eigenvalue weighted by atomic mass is 10.1. The van der Waals surface area contributed by atoms with E-state index in [1.165, 1.54) is 0 Å². The molecule has 3 heterocycles. The summed E-state index contributed by atoms with van der Waals surface area (Å²) in [6.07, 6.45) is 1.63. The number of ether oxygens (including phenoxy) is 2. The maximum Gasteiger partial charge on any atom is 0.254 e. The second-order valence-electron chi connectivity index (χ2n) is 7.93. The number of hydrogen-bond donors (Lipinski definition) is 0. The van der Waals surface area contributed by atoms with Crippen molar-refractivity contribution >= 4 is 11.4 Å². The summed E-state index contributed by atoms with van der Waals surface area (Å²) in [5.41, 5.74) is 5.52. The fraction of sp³-hybridized carbons (Fsp3) is 0.240. The number of aryl methyl sites for hydroxylation is 1. The summed E-state index contributed by atoms with van der Waals surface area (Å²) in [6.45, 7) is 3.48. The average Bonchev–Trinajstić information content (AvgIpc) is 3.27. The van der Waals surface area contributed by atoms with Gasteiger partial charge in [0.2, 0.25) is 0 Å². The summed E-state index contributed by atoms with van der Waals surface area (Å²) in [4.78, 5) is 14.8. The van der Waals surface area contributed by atoms with E-state index in [4.69, 9.17) is 9.47 Å². The third-order valence-corrected chi connectivity index (χ3v) is 5.82. The van der Waals surface area contributed by atoms with Crippen molar-refractivity contribution in [1.82, 2.24) is 19.7 Å². The summed E-state index contributed by atoms with van der Waals surface area (Å²) < 4.78 is 13.0. The Morgan fingerprint density at radius 2 is 1.78 bits per heavy atom. The average molecular weight is 428 g/mol. The standard InChI is InChI=1S/C25H24N4O3/c1-17-3-5-19(6-4-17)25(30)28-13-14-32-23(16-28)24-22-12-9-20(15-29(22)27-26-24)18-7-10-21(31-2)11-8-18/h3-12,15,23H,13-14,16H2,1-2H3/t23-/m0/s1. The van der Waals surface area contributed by atoms with Crippen molar-refractivity contribution in [2.24, 2.45) is 0 Å². The van der Waals surface area contributed by atoms with E-state index < -0.39 is 0 Å². The number of benzene rings is 2. The van der Waals surface area contributed by atoms with Crippen LogP contribution in [0, 0.1) is 6.92 Å². The zero-order valence-corrected chi connectivity index (χ0v) is 18.1. The number of aromatic nitrogens is 3. The predicted octanol–water partition coefficient (Wildman–Crippen LogP) is 3.93. The lowest BCUT2D eigenvalue weighted by Crippen LogP contribution is -2.42. The first-order valence-electron chi connectivity index (χ1n) is 10.6. The van der Waals surface area contributed by atoms with Crippen LogP contribution >= 0.6 is 0 Å². The van der Waals surface area contributed by atoms with Gasteiger partial charge < -0.3 is 14.4 Å². The maximum absolute atomic E-state index is 13.0. The van der Waals surface area contributed by atoms with Crippen LogP contribution < -0.4 is 4.74 Å². The molecule has 0 bridgehead atoms. The Morgan fingerprint density at radius 3 is 2.53 bits per heavy atom. The predicted molar refractivity (Wildman–Crippen MR) is 121 cm³/mol. The van der Waals surface area contributed by atoms with Gasteiger partial charge >= 0.3 is 0 Å². The van der Waals surface area contributed by atoms with Crippen LogP contribution in [0.3, 0.4) is 0 Å². The molecule has 0 saturated carbocycles. The van der Waals surface area contributed by atoms with Crippen LogP contribution in [-0.4, -0.2) is 52.4 Å². The molecule has 1 aliphatic heterocycles. The molecule has 1 atom stereocenters. The molecule has 0 radical (unpaired) electrons. The number of carbonyl (C=O) groups excluding carboxylic acids is 1. The quantitative estimate of drug-likeness (QED) is 0.493. The molecule has 4 aromatic rings. The highest BCUT2D eigenvalue weighted by Crippen LogP contribution is 2.28. The van der Waals surface area contributed by atoms with Gasteiger partial charge in [-0.25, -0.2) is 4.52 Å². The number of methoxy groups -OCH3 is 1.